The van der Waals surface area contributed by atoms with E-state index in [1.54, 1.807) is 36.5 Å². The zero-order chi connectivity index (χ0) is 17.8. The molecule has 27 heavy (non-hydrogen) atoms. The minimum atomic E-state index is 0. The molecule has 0 fully saturated rings. The largest absolute Gasteiger partial charge is 0.507 e. The van der Waals surface area contributed by atoms with Crippen molar-refractivity contribution in [1.82, 2.24) is 19.9 Å². The average molecular weight is 536 g/mol. The molecule has 0 aliphatic carbocycles. The first-order valence-electron chi connectivity index (χ1n) is 7.88. The van der Waals surface area contributed by atoms with Gasteiger partial charge in [0, 0.05) is 39.1 Å². The van der Waals surface area contributed by atoms with Crippen molar-refractivity contribution in [3.63, 3.8) is 0 Å². The minimum Gasteiger partial charge on any atom is -0.507 e. The summed E-state index contributed by atoms with van der Waals surface area (Å²) in [6.45, 7) is 0. The zero-order valence-corrected chi connectivity index (χ0v) is 16.2. The van der Waals surface area contributed by atoms with Crippen LogP contribution >= 0.6 is 0 Å². The van der Waals surface area contributed by atoms with Crippen molar-refractivity contribution in [2.45, 2.75) is 0 Å². The van der Waals surface area contributed by atoms with Crippen molar-refractivity contribution in [2.75, 3.05) is 0 Å². The van der Waals surface area contributed by atoms with Gasteiger partial charge in [-0.05, 0) is 18.2 Å². The minimum absolute atomic E-state index is 0. The molecule has 4 rings (SSSR count). The molecule has 0 saturated carbocycles. The molecular formula is C20H13N4O2Pt-. The van der Waals surface area contributed by atoms with Gasteiger partial charge in [0.25, 0.3) is 0 Å². The van der Waals surface area contributed by atoms with E-state index in [1.165, 1.54) is 6.33 Å². The number of phenols is 1. The van der Waals surface area contributed by atoms with Crippen LogP contribution in [0.5, 0.6) is 17.4 Å². The Kier molecular flexibility index (Phi) is 5.89. The summed E-state index contributed by atoms with van der Waals surface area (Å²) in [6, 6.07) is 20.9. The summed E-state index contributed by atoms with van der Waals surface area (Å²) in [7, 11) is 0. The van der Waals surface area contributed by atoms with Crippen molar-refractivity contribution in [3.05, 3.63) is 79.3 Å². The van der Waals surface area contributed by atoms with Crippen molar-refractivity contribution in [2.24, 2.45) is 0 Å². The fraction of sp³-hybridized carbons (Fsp3) is 0. The molecule has 0 amide bonds. The number of para-hydroxylation sites is 1. The number of benzene rings is 2. The summed E-state index contributed by atoms with van der Waals surface area (Å²) in [4.78, 5) is 16.9. The summed E-state index contributed by atoms with van der Waals surface area (Å²) in [6.07, 6.45) is 3.06. The van der Waals surface area contributed by atoms with Crippen LogP contribution in [0.25, 0.3) is 22.8 Å². The van der Waals surface area contributed by atoms with E-state index in [0.717, 1.165) is 0 Å². The van der Waals surface area contributed by atoms with Gasteiger partial charge in [0.15, 0.2) is 5.82 Å². The molecule has 136 valence electrons. The number of phenolic OH excluding ortho intramolecular Hbond substituents is 1. The second-order valence-corrected chi connectivity index (χ2v) is 5.35. The van der Waals surface area contributed by atoms with Gasteiger partial charge in [0.2, 0.25) is 5.88 Å². The van der Waals surface area contributed by atoms with Crippen LogP contribution in [0, 0.1) is 6.07 Å². The van der Waals surface area contributed by atoms with Crippen molar-refractivity contribution >= 4 is 0 Å². The number of hydrogen-bond acceptors (Lipinski definition) is 6. The van der Waals surface area contributed by atoms with Crippen LogP contribution in [0.3, 0.4) is 0 Å². The molecule has 0 bridgehead atoms. The molecule has 0 aliphatic rings. The van der Waals surface area contributed by atoms with Gasteiger partial charge in [-0.1, -0.05) is 24.3 Å². The third kappa shape index (κ3) is 4.35. The van der Waals surface area contributed by atoms with Crippen LogP contribution in [0.1, 0.15) is 0 Å². The number of rotatable bonds is 4. The third-order valence-corrected chi connectivity index (χ3v) is 3.58. The van der Waals surface area contributed by atoms with E-state index in [1.807, 2.05) is 30.3 Å². The number of hydrogen-bond donors (Lipinski definition) is 1. The number of pyridine rings is 1. The van der Waals surface area contributed by atoms with Crippen molar-refractivity contribution in [3.8, 4) is 40.2 Å². The molecule has 0 unspecified atom stereocenters. The molecule has 0 spiro atoms. The second kappa shape index (κ2) is 8.51. The topological polar surface area (TPSA) is 81.0 Å². The van der Waals surface area contributed by atoms with E-state index in [2.05, 4.69) is 26.0 Å². The summed E-state index contributed by atoms with van der Waals surface area (Å²) in [5.41, 5.74) is 1.19. The first-order chi connectivity index (χ1) is 12.8. The number of ether oxygens (including phenoxy) is 1. The normalized spacial score (nSPS) is 10.1. The van der Waals surface area contributed by atoms with E-state index in [-0.39, 0.29) is 26.8 Å². The Hall–Kier alpha value is -3.11. The second-order valence-electron chi connectivity index (χ2n) is 5.35. The molecule has 6 nitrogen and oxygen atoms in total. The Morgan fingerprint density at radius 2 is 1.63 bits per heavy atom. The maximum atomic E-state index is 10.00. The molecule has 7 heteroatoms. The predicted molar refractivity (Wildman–Crippen MR) is 95.5 cm³/mol. The van der Waals surface area contributed by atoms with Crippen LogP contribution < -0.4 is 4.74 Å². The molecule has 2 aromatic carbocycles. The molecule has 2 heterocycles. The maximum absolute atomic E-state index is 10.00. The molecule has 1 N–H and O–H groups in total. The van der Waals surface area contributed by atoms with Gasteiger partial charge in [0.05, 0.1) is 11.4 Å². The first-order valence-corrected chi connectivity index (χ1v) is 7.88. The Morgan fingerprint density at radius 1 is 0.815 bits per heavy atom. The number of aromatic hydroxyl groups is 1. The van der Waals surface area contributed by atoms with Crippen molar-refractivity contribution < 1.29 is 30.9 Å². The first kappa shape index (κ1) is 18.7. The Morgan fingerprint density at radius 3 is 2.44 bits per heavy atom. The molecular weight excluding hydrogens is 523 g/mol. The average Bonchev–Trinajstić information content (AvgIpc) is 2.69. The molecule has 0 atom stereocenters. The van der Waals surface area contributed by atoms with Gasteiger partial charge in [0.1, 0.15) is 12.1 Å². The van der Waals surface area contributed by atoms with E-state index in [4.69, 9.17) is 4.74 Å². The number of nitrogens with zero attached hydrogens (tertiary/aromatic N) is 4. The summed E-state index contributed by atoms with van der Waals surface area (Å²) >= 11 is 0. The van der Waals surface area contributed by atoms with Crippen LogP contribution in [0.4, 0.5) is 0 Å². The van der Waals surface area contributed by atoms with Crippen LogP contribution in [0.2, 0.25) is 0 Å². The summed E-state index contributed by atoms with van der Waals surface area (Å²) in [5.74, 6) is 1.92. The Labute approximate surface area is 170 Å². The van der Waals surface area contributed by atoms with Gasteiger partial charge >= 0.3 is 0 Å². The van der Waals surface area contributed by atoms with Crippen LogP contribution in [-0.4, -0.2) is 25.0 Å². The predicted octanol–water partition coefficient (Wildman–Crippen LogP) is 3.90. The zero-order valence-electron chi connectivity index (χ0n) is 13.9. The SMILES string of the molecule is Oc1ccccc1-c1ncnc(-c2[c-]c(Oc3ccccn3)ccc2)n1.[Pt]. The van der Waals surface area contributed by atoms with E-state index >= 15 is 0 Å². The smallest absolute Gasteiger partial charge is 0.217 e. The molecule has 0 saturated heterocycles. The van der Waals surface area contributed by atoms with E-state index in [0.29, 0.717) is 34.4 Å². The Bertz CT molecular complexity index is 1040. The van der Waals surface area contributed by atoms with E-state index in [9.17, 15) is 5.11 Å². The van der Waals surface area contributed by atoms with Crippen LogP contribution in [0.15, 0.2) is 73.2 Å². The molecule has 4 aromatic rings. The standard InChI is InChI=1S/C20H13N4O2.Pt/c25-17-9-2-1-8-16(17)20-23-13-22-19(24-20)14-6-5-7-15(12-14)26-18-10-3-4-11-21-18;/h1-11,13,25H;/q-1;. The monoisotopic (exact) mass is 536 g/mol. The third-order valence-electron chi connectivity index (χ3n) is 3.58. The summed E-state index contributed by atoms with van der Waals surface area (Å²) in [5, 5.41) is 10.00. The summed E-state index contributed by atoms with van der Waals surface area (Å²) < 4.78 is 5.70. The van der Waals surface area contributed by atoms with Gasteiger partial charge < -0.3 is 9.84 Å². The van der Waals surface area contributed by atoms with E-state index < -0.39 is 0 Å². The molecule has 2 aromatic heterocycles. The fourth-order valence-corrected chi connectivity index (χ4v) is 2.38. The maximum Gasteiger partial charge on any atom is 0.217 e. The van der Waals surface area contributed by atoms with Gasteiger partial charge in [-0.3, -0.25) is 9.97 Å². The van der Waals surface area contributed by atoms with Gasteiger partial charge in [-0.2, -0.15) is 0 Å². The molecule has 0 aliphatic heterocycles. The quantitative estimate of drug-likeness (QED) is 0.399. The van der Waals surface area contributed by atoms with Gasteiger partial charge in [-0.15, -0.1) is 23.8 Å². The molecule has 0 radical (unpaired) electrons. The Balaban J connectivity index is 0.00000210. The number of aromatic nitrogens is 4. The van der Waals surface area contributed by atoms with Gasteiger partial charge in [-0.25, -0.2) is 9.97 Å². The van der Waals surface area contributed by atoms with Crippen LogP contribution in [-0.2, 0) is 21.1 Å². The van der Waals surface area contributed by atoms with Crippen molar-refractivity contribution in [1.29, 1.82) is 0 Å². The fourth-order valence-electron chi connectivity index (χ4n) is 2.38.